The number of hydrogen-bond donors (Lipinski definition) is 0. The summed E-state index contributed by atoms with van der Waals surface area (Å²) in [6, 6.07) is 12.0. The van der Waals surface area contributed by atoms with Crippen molar-refractivity contribution in [3.63, 3.8) is 0 Å². The minimum atomic E-state index is -4.76. The number of ether oxygens (including phenoxy) is 1. The Bertz CT molecular complexity index is 1090. The highest BCUT2D eigenvalue weighted by molar-refractivity contribution is 5.80. The molecule has 0 fully saturated rings. The van der Waals surface area contributed by atoms with E-state index in [-0.39, 0.29) is 5.75 Å². The first-order chi connectivity index (χ1) is 15.6. The van der Waals surface area contributed by atoms with E-state index in [1.807, 2.05) is 39.0 Å². The molecular formula is C26H30F3N3O. The Balaban J connectivity index is 2.27. The van der Waals surface area contributed by atoms with Gasteiger partial charge in [0.1, 0.15) is 5.75 Å². The second kappa shape index (κ2) is 10.2. The average molecular weight is 458 g/mol. The van der Waals surface area contributed by atoms with E-state index in [2.05, 4.69) is 23.5 Å². The molecule has 7 heteroatoms. The van der Waals surface area contributed by atoms with Crippen LogP contribution in [-0.4, -0.2) is 29.4 Å². The SMILES string of the molecule is CCCN(CCC)c1c(C)nc(-c2c(C)cccc2C)nc1-c1cccc(OC(F)(F)F)c1. The molecule has 176 valence electrons. The van der Waals surface area contributed by atoms with Crippen LogP contribution in [-0.2, 0) is 0 Å². The largest absolute Gasteiger partial charge is 0.573 e. The van der Waals surface area contributed by atoms with Crippen molar-refractivity contribution in [1.29, 1.82) is 0 Å². The number of halogens is 3. The second-order valence-electron chi connectivity index (χ2n) is 8.16. The third-order valence-corrected chi connectivity index (χ3v) is 5.41. The average Bonchev–Trinajstić information content (AvgIpc) is 2.72. The van der Waals surface area contributed by atoms with Gasteiger partial charge < -0.3 is 9.64 Å². The van der Waals surface area contributed by atoms with Crippen molar-refractivity contribution in [1.82, 2.24) is 9.97 Å². The number of anilines is 1. The van der Waals surface area contributed by atoms with Gasteiger partial charge in [-0.15, -0.1) is 13.2 Å². The summed E-state index contributed by atoms with van der Waals surface area (Å²) in [5, 5.41) is 0. The van der Waals surface area contributed by atoms with Gasteiger partial charge in [-0.05, 0) is 56.9 Å². The van der Waals surface area contributed by atoms with E-state index < -0.39 is 6.36 Å². The fourth-order valence-electron chi connectivity index (χ4n) is 4.14. The lowest BCUT2D eigenvalue weighted by Gasteiger charge is -2.28. The van der Waals surface area contributed by atoms with Gasteiger partial charge in [0, 0.05) is 24.2 Å². The third-order valence-electron chi connectivity index (χ3n) is 5.41. The van der Waals surface area contributed by atoms with Crippen LogP contribution in [0.4, 0.5) is 18.9 Å². The minimum Gasteiger partial charge on any atom is -0.406 e. The highest BCUT2D eigenvalue weighted by atomic mass is 19.4. The Morgan fingerprint density at radius 2 is 1.48 bits per heavy atom. The van der Waals surface area contributed by atoms with Crippen LogP contribution in [0, 0.1) is 20.8 Å². The van der Waals surface area contributed by atoms with Crippen molar-refractivity contribution < 1.29 is 17.9 Å². The standard InChI is InChI=1S/C26H30F3N3O/c1-6-14-32(15-7-2)24-19(5)30-25(22-17(3)10-8-11-18(22)4)31-23(24)20-12-9-13-21(16-20)33-26(27,28)29/h8-13,16H,6-7,14-15H2,1-5H3. The monoisotopic (exact) mass is 457 g/mol. The number of alkyl halides is 3. The molecule has 0 aliphatic carbocycles. The fraction of sp³-hybridized carbons (Fsp3) is 0.385. The maximum Gasteiger partial charge on any atom is 0.573 e. The highest BCUT2D eigenvalue weighted by Gasteiger charge is 2.31. The van der Waals surface area contributed by atoms with Gasteiger partial charge in [0.25, 0.3) is 0 Å². The molecule has 1 heterocycles. The summed E-state index contributed by atoms with van der Waals surface area (Å²) in [5.41, 5.74) is 5.83. The van der Waals surface area contributed by atoms with Crippen LogP contribution < -0.4 is 9.64 Å². The van der Waals surface area contributed by atoms with Crippen molar-refractivity contribution in [3.8, 4) is 28.4 Å². The zero-order valence-corrected chi connectivity index (χ0v) is 19.8. The van der Waals surface area contributed by atoms with Gasteiger partial charge in [0.2, 0.25) is 0 Å². The van der Waals surface area contributed by atoms with Gasteiger partial charge >= 0.3 is 6.36 Å². The topological polar surface area (TPSA) is 38.2 Å². The first-order valence-electron chi connectivity index (χ1n) is 11.2. The Morgan fingerprint density at radius 3 is 2.06 bits per heavy atom. The van der Waals surface area contributed by atoms with E-state index in [9.17, 15) is 13.2 Å². The minimum absolute atomic E-state index is 0.270. The smallest absolute Gasteiger partial charge is 0.406 e. The van der Waals surface area contributed by atoms with Crippen LogP contribution in [0.5, 0.6) is 5.75 Å². The number of aryl methyl sites for hydroxylation is 3. The normalized spacial score (nSPS) is 11.5. The molecule has 3 rings (SSSR count). The predicted molar refractivity (Wildman–Crippen MR) is 127 cm³/mol. The Kier molecular flexibility index (Phi) is 7.61. The molecular weight excluding hydrogens is 427 g/mol. The Hall–Kier alpha value is -3.09. The van der Waals surface area contributed by atoms with Crippen LogP contribution in [0.15, 0.2) is 42.5 Å². The molecule has 1 aromatic heterocycles. The third kappa shape index (κ3) is 5.83. The van der Waals surface area contributed by atoms with Crippen molar-refractivity contribution in [2.24, 2.45) is 0 Å². The van der Waals surface area contributed by atoms with E-state index in [1.165, 1.54) is 12.1 Å². The lowest BCUT2D eigenvalue weighted by Crippen LogP contribution is -2.27. The molecule has 0 aliphatic rings. The molecule has 0 saturated heterocycles. The number of benzene rings is 2. The van der Waals surface area contributed by atoms with Crippen molar-refractivity contribution in [2.75, 3.05) is 18.0 Å². The second-order valence-corrected chi connectivity index (χ2v) is 8.16. The highest BCUT2D eigenvalue weighted by Crippen LogP contribution is 2.37. The number of nitrogens with zero attached hydrogens (tertiary/aromatic N) is 3. The number of hydrogen-bond acceptors (Lipinski definition) is 4. The summed E-state index contributed by atoms with van der Waals surface area (Å²) in [6.45, 7) is 11.7. The molecule has 0 saturated carbocycles. The van der Waals surface area contributed by atoms with Crippen LogP contribution in [0.1, 0.15) is 43.5 Å². The molecule has 0 bridgehead atoms. The fourth-order valence-corrected chi connectivity index (χ4v) is 4.14. The van der Waals surface area contributed by atoms with Gasteiger partial charge in [-0.2, -0.15) is 0 Å². The first kappa shape index (κ1) is 24.6. The van der Waals surface area contributed by atoms with E-state index in [1.54, 1.807) is 12.1 Å². The Morgan fingerprint density at radius 1 is 0.879 bits per heavy atom. The molecule has 4 nitrogen and oxygen atoms in total. The van der Waals surface area contributed by atoms with Crippen molar-refractivity contribution in [2.45, 2.75) is 53.8 Å². The quantitative estimate of drug-likeness (QED) is 0.357. The van der Waals surface area contributed by atoms with Gasteiger partial charge in [-0.3, -0.25) is 0 Å². The van der Waals surface area contributed by atoms with E-state index in [0.717, 1.165) is 54.0 Å². The molecule has 0 unspecified atom stereocenters. The van der Waals surface area contributed by atoms with Gasteiger partial charge in [0.05, 0.1) is 17.1 Å². The maximum absolute atomic E-state index is 12.9. The summed E-state index contributed by atoms with van der Waals surface area (Å²) in [6.07, 6.45) is -2.91. The lowest BCUT2D eigenvalue weighted by molar-refractivity contribution is -0.274. The Labute approximate surface area is 193 Å². The summed E-state index contributed by atoms with van der Waals surface area (Å²) in [5.74, 6) is 0.297. The van der Waals surface area contributed by atoms with Crippen molar-refractivity contribution >= 4 is 5.69 Å². The molecule has 3 aromatic rings. The zero-order valence-electron chi connectivity index (χ0n) is 19.8. The molecule has 0 N–H and O–H groups in total. The van der Waals surface area contributed by atoms with Gasteiger partial charge in [-0.25, -0.2) is 9.97 Å². The molecule has 0 amide bonds. The van der Waals surface area contributed by atoms with E-state index >= 15 is 0 Å². The van der Waals surface area contributed by atoms with Crippen LogP contribution in [0.25, 0.3) is 22.6 Å². The van der Waals surface area contributed by atoms with Crippen LogP contribution in [0.2, 0.25) is 0 Å². The van der Waals surface area contributed by atoms with E-state index in [0.29, 0.717) is 17.1 Å². The molecule has 0 radical (unpaired) electrons. The predicted octanol–water partition coefficient (Wildman–Crippen LogP) is 7.26. The molecule has 0 aliphatic heterocycles. The summed E-state index contributed by atoms with van der Waals surface area (Å²) < 4.78 is 42.8. The number of rotatable bonds is 8. The molecule has 33 heavy (non-hydrogen) atoms. The summed E-state index contributed by atoms with van der Waals surface area (Å²) in [7, 11) is 0. The van der Waals surface area contributed by atoms with Crippen LogP contribution >= 0.6 is 0 Å². The number of aromatic nitrogens is 2. The maximum atomic E-state index is 12.9. The summed E-state index contributed by atoms with van der Waals surface area (Å²) >= 11 is 0. The molecule has 0 spiro atoms. The van der Waals surface area contributed by atoms with Gasteiger partial charge in [0.15, 0.2) is 5.82 Å². The lowest BCUT2D eigenvalue weighted by atomic mass is 10.0. The van der Waals surface area contributed by atoms with Crippen molar-refractivity contribution in [3.05, 3.63) is 59.3 Å². The first-order valence-corrected chi connectivity index (χ1v) is 11.2. The van der Waals surface area contributed by atoms with Gasteiger partial charge in [-0.1, -0.05) is 44.2 Å². The van der Waals surface area contributed by atoms with Crippen LogP contribution in [0.3, 0.4) is 0 Å². The summed E-state index contributed by atoms with van der Waals surface area (Å²) in [4.78, 5) is 12.0. The molecule has 2 aromatic carbocycles. The molecule has 0 atom stereocenters. The van der Waals surface area contributed by atoms with E-state index in [4.69, 9.17) is 9.97 Å². The zero-order chi connectivity index (χ0) is 24.2.